The summed E-state index contributed by atoms with van der Waals surface area (Å²) in [5.41, 5.74) is 9.34. The van der Waals surface area contributed by atoms with Crippen molar-refractivity contribution in [3.8, 4) is 0 Å². The van der Waals surface area contributed by atoms with Crippen molar-refractivity contribution in [1.82, 2.24) is 10.6 Å². The van der Waals surface area contributed by atoms with Gasteiger partial charge in [0.25, 0.3) is 0 Å². The van der Waals surface area contributed by atoms with Gasteiger partial charge in [-0.15, -0.1) is 0 Å². The van der Waals surface area contributed by atoms with Gasteiger partial charge < -0.3 is 26.3 Å². The van der Waals surface area contributed by atoms with Crippen LogP contribution in [0.1, 0.15) is 67.7 Å². The Bertz CT molecular complexity index is 459. The number of alkyl carbamates (subject to hydrolysis) is 1. The third-order valence-corrected chi connectivity index (χ3v) is 3.51. The summed E-state index contributed by atoms with van der Waals surface area (Å²) in [5, 5.41) is 5.60. The number of carbonyl (C=O) groups excluding carboxylic acids is 2. The zero-order valence-electron chi connectivity index (χ0n) is 17.4. The Hall–Kier alpha value is -1.38. The zero-order chi connectivity index (χ0) is 20.6. The van der Waals surface area contributed by atoms with E-state index in [1.807, 2.05) is 13.8 Å². The molecule has 0 fully saturated rings. The Morgan fingerprint density at radius 3 is 2.12 bits per heavy atom. The molecule has 8 heteroatoms. The average molecular weight is 375 g/mol. The smallest absolute Gasteiger partial charge is 0.409 e. The van der Waals surface area contributed by atoms with E-state index in [0.717, 1.165) is 0 Å². The van der Waals surface area contributed by atoms with Crippen molar-refractivity contribution in [3.63, 3.8) is 0 Å². The minimum Gasteiger partial charge on any atom is -0.444 e. The molecular weight excluding hydrogens is 336 g/mol. The number of ether oxygens (including phenoxy) is 2. The summed E-state index contributed by atoms with van der Waals surface area (Å²) in [7, 11) is 0. The van der Waals surface area contributed by atoms with Gasteiger partial charge in [-0.3, -0.25) is 10.1 Å². The fourth-order valence-electron chi connectivity index (χ4n) is 2.10. The van der Waals surface area contributed by atoms with Crippen LogP contribution in [0.2, 0.25) is 0 Å². The summed E-state index contributed by atoms with van der Waals surface area (Å²) in [6.07, 6.45) is 1.28. The fourth-order valence-corrected chi connectivity index (χ4v) is 2.10. The number of carbonyl (C=O) groups is 2. The maximum Gasteiger partial charge on any atom is 0.409 e. The Morgan fingerprint density at radius 1 is 1.04 bits per heavy atom. The Balaban J connectivity index is 4.37. The van der Waals surface area contributed by atoms with Crippen LogP contribution < -0.4 is 22.1 Å². The van der Waals surface area contributed by atoms with Gasteiger partial charge in [-0.2, -0.15) is 0 Å². The van der Waals surface area contributed by atoms with Gasteiger partial charge in [-0.05, 0) is 74.3 Å². The predicted octanol–water partition coefficient (Wildman–Crippen LogP) is 1.61. The first kappa shape index (κ1) is 24.6. The fraction of sp³-hybridized carbons (Fsp3) is 0.889. The Labute approximate surface area is 157 Å². The van der Waals surface area contributed by atoms with Gasteiger partial charge in [-0.25, -0.2) is 4.79 Å². The van der Waals surface area contributed by atoms with Crippen molar-refractivity contribution in [1.29, 1.82) is 0 Å². The van der Waals surface area contributed by atoms with E-state index in [1.165, 1.54) is 0 Å². The van der Waals surface area contributed by atoms with Crippen LogP contribution in [0.15, 0.2) is 0 Å². The molecule has 0 saturated heterocycles. The van der Waals surface area contributed by atoms with E-state index < -0.39 is 29.0 Å². The van der Waals surface area contributed by atoms with Crippen LogP contribution in [0.3, 0.4) is 0 Å². The minimum absolute atomic E-state index is 0.199. The molecule has 154 valence electrons. The standard InChI is InChI=1S/C18H38N4O4/c1-16(2,3)26-15(24)22-18(6,7)25-12-10-17(4,5)21-14(23)13(20)9-8-11-19/h13H,8-12,19-20H2,1-7H3,(H,21,23)(H,22,24)/t13-/m0/s1. The number of nitrogens with two attached hydrogens (primary N) is 2. The second-order valence-electron chi connectivity index (χ2n) is 8.65. The molecule has 0 aromatic carbocycles. The summed E-state index contributed by atoms with van der Waals surface area (Å²) in [6, 6.07) is -0.566. The molecule has 8 nitrogen and oxygen atoms in total. The van der Waals surface area contributed by atoms with Crippen molar-refractivity contribution in [2.45, 2.75) is 90.6 Å². The van der Waals surface area contributed by atoms with Crippen LogP contribution >= 0.6 is 0 Å². The van der Waals surface area contributed by atoms with Gasteiger partial charge in [-0.1, -0.05) is 0 Å². The Kier molecular flexibility index (Phi) is 9.55. The number of nitrogens with one attached hydrogen (secondary N) is 2. The largest absolute Gasteiger partial charge is 0.444 e. The van der Waals surface area contributed by atoms with Crippen molar-refractivity contribution in [2.24, 2.45) is 11.5 Å². The molecule has 0 bridgehead atoms. The van der Waals surface area contributed by atoms with Crippen LogP contribution in [0, 0.1) is 0 Å². The van der Waals surface area contributed by atoms with Gasteiger partial charge in [0.15, 0.2) is 0 Å². The molecule has 6 N–H and O–H groups in total. The summed E-state index contributed by atoms with van der Waals surface area (Å²) in [6.45, 7) is 13.5. The molecular formula is C18H38N4O4. The summed E-state index contributed by atoms with van der Waals surface area (Å²) in [5.74, 6) is -0.199. The molecule has 0 aromatic rings. The van der Waals surface area contributed by atoms with Crippen LogP contribution in [0.4, 0.5) is 4.79 Å². The molecule has 0 aromatic heterocycles. The monoisotopic (exact) mass is 374 g/mol. The first-order valence-electron chi connectivity index (χ1n) is 9.10. The second-order valence-corrected chi connectivity index (χ2v) is 8.65. The quantitative estimate of drug-likeness (QED) is 0.430. The molecule has 26 heavy (non-hydrogen) atoms. The predicted molar refractivity (Wildman–Crippen MR) is 103 cm³/mol. The second kappa shape index (κ2) is 10.1. The molecule has 0 saturated carbocycles. The third-order valence-electron chi connectivity index (χ3n) is 3.51. The minimum atomic E-state index is -0.889. The molecule has 0 spiro atoms. The van der Waals surface area contributed by atoms with Crippen LogP contribution in [-0.2, 0) is 14.3 Å². The lowest BCUT2D eigenvalue weighted by atomic mass is 10.00. The average Bonchev–Trinajstić information content (AvgIpc) is 2.40. The van der Waals surface area contributed by atoms with E-state index in [2.05, 4.69) is 10.6 Å². The van der Waals surface area contributed by atoms with Gasteiger partial charge in [0.05, 0.1) is 12.6 Å². The maximum absolute atomic E-state index is 12.1. The van der Waals surface area contributed by atoms with E-state index in [4.69, 9.17) is 20.9 Å². The van der Waals surface area contributed by atoms with Crippen molar-refractivity contribution in [3.05, 3.63) is 0 Å². The molecule has 0 aliphatic heterocycles. The van der Waals surface area contributed by atoms with Crippen molar-refractivity contribution in [2.75, 3.05) is 13.2 Å². The van der Waals surface area contributed by atoms with E-state index >= 15 is 0 Å². The number of hydrogen-bond acceptors (Lipinski definition) is 6. The lowest BCUT2D eigenvalue weighted by molar-refractivity contribution is -0.124. The molecule has 0 rings (SSSR count). The van der Waals surface area contributed by atoms with E-state index in [0.29, 0.717) is 32.4 Å². The SMILES string of the molecule is CC(C)(CCOC(C)(C)NC(=O)OC(C)(C)C)NC(=O)[C@@H](N)CCCN. The highest BCUT2D eigenvalue weighted by Crippen LogP contribution is 2.14. The maximum atomic E-state index is 12.1. The van der Waals surface area contributed by atoms with E-state index in [1.54, 1.807) is 34.6 Å². The highest BCUT2D eigenvalue weighted by molar-refractivity contribution is 5.82. The van der Waals surface area contributed by atoms with E-state index in [-0.39, 0.29) is 5.91 Å². The highest BCUT2D eigenvalue weighted by Gasteiger charge is 2.27. The Morgan fingerprint density at radius 2 is 1.62 bits per heavy atom. The molecule has 2 amide bonds. The van der Waals surface area contributed by atoms with Crippen LogP contribution in [0.25, 0.3) is 0 Å². The number of rotatable bonds is 10. The van der Waals surface area contributed by atoms with Gasteiger partial charge in [0.1, 0.15) is 11.3 Å². The zero-order valence-corrected chi connectivity index (χ0v) is 17.4. The van der Waals surface area contributed by atoms with E-state index in [9.17, 15) is 9.59 Å². The molecule has 1 atom stereocenters. The molecule has 0 aliphatic carbocycles. The molecule has 0 aliphatic rings. The van der Waals surface area contributed by atoms with Gasteiger partial charge in [0.2, 0.25) is 5.91 Å². The first-order chi connectivity index (χ1) is 11.7. The van der Waals surface area contributed by atoms with Crippen molar-refractivity contribution >= 4 is 12.0 Å². The highest BCUT2D eigenvalue weighted by atomic mass is 16.6. The molecule has 0 radical (unpaired) electrons. The van der Waals surface area contributed by atoms with Crippen LogP contribution in [-0.4, -0.2) is 48.1 Å². The van der Waals surface area contributed by atoms with Crippen LogP contribution in [0.5, 0.6) is 0 Å². The van der Waals surface area contributed by atoms with Gasteiger partial charge in [0, 0.05) is 5.54 Å². The summed E-state index contributed by atoms with van der Waals surface area (Å²) >= 11 is 0. The number of hydrogen-bond donors (Lipinski definition) is 4. The molecule has 0 unspecified atom stereocenters. The van der Waals surface area contributed by atoms with Gasteiger partial charge >= 0.3 is 6.09 Å². The lowest BCUT2D eigenvalue weighted by Crippen LogP contribution is -2.52. The summed E-state index contributed by atoms with van der Waals surface area (Å²) < 4.78 is 11.0. The number of amides is 2. The summed E-state index contributed by atoms with van der Waals surface area (Å²) in [4.78, 5) is 24.0. The van der Waals surface area contributed by atoms with Crippen molar-refractivity contribution < 1.29 is 19.1 Å². The third kappa shape index (κ3) is 12.1. The lowest BCUT2D eigenvalue weighted by Gasteiger charge is -2.32. The normalized spacial score (nSPS) is 13.9. The molecule has 0 heterocycles. The topological polar surface area (TPSA) is 129 Å². The first-order valence-corrected chi connectivity index (χ1v) is 9.10.